The summed E-state index contributed by atoms with van der Waals surface area (Å²) in [5, 5.41) is 2.67. The topological polar surface area (TPSA) is 99.5 Å². The van der Waals surface area contributed by atoms with Gasteiger partial charge < -0.3 is 28.7 Å². The summed E-state index contributed by atoms with van der Waals surface area (Å²) >= 11 is 0. The number of rotatable bonds is 8. The van der Waals surface area contributed by atoms with Crippen molar-refractivity contribution in [3.05, 3.63) is 46.5 Å². The van der Waals surface area contributed by atoms with E-state index in [0.717, 1.165) is 13.1 Å². The molecule has 1 N–H and O–H groups in total. The van der Waals surface area contributed by atoms with Crippen molar-refractivity contribution in [2.75, 3.05) is 52.4 Å². The quantitative estimate of drug-likeness (QED) is 0.707. The summed E-state index contributed by atoms with van der Waals surface area (Å²) in [5.41, 5.74) is 0.129. The molecule has 1 aliphatic rings. The summed E-state index contributed by atoms with van der Waals surface area (Å²) in [7, 11) is 3.03. The van der Waals surface area contributed by atoms with Gasteiger partial charge in [-0.1, -0.05) is 0 Å². The van der Waals surface area contributed by atoms with Gasteiger partial charge in [-0.05, 0) is 12.1 Å². The van der Waals surface area contributed by atoms with Gasteiger partial charge in [0.1, 0.15) is 23.5 Å². The lowest BCUT2D eigenvalue weighted by Gasteiger charge is -2.25. The van der Waals surface area contributed by atoms with Crippen LogP contribution >= 0.6 is 0 Å². The maximum absolute atomic E-state index is 12.2. The smallest absolute Gasteiger partial charge is 0.262 e. The molecule has 9 nitrogen and oxygen atoms in total. The van der Waals surface area contributed by atoms with Gasteiger partial charge in [-0.2, -0.15) is 0 Å². The number of nitrogens with zero attached hydrogens (tertiary/aromatic N) is 1. The van der Waals surface area contributed by atoms with Gasteiger partial charge in [0.15, 0.2) is 6.61 Å². The number of hydrogen-bond donors (Lipinski definition) is 1. The molecule has 2 aromatic rings. The highest BCUT2D eigenvalue weighted by atomic mass is 16.5. The van der Waals surface area contributed by atoms with Crippen LogP contribution in [0.5, 0.6) is 17.2 Å². The molecular formula is C20H24N2O7. The van der Waals surface area contributed by atoms with E-state index >= 15 is 0 Å². The number of methoxy groups -OCH3 is 2. The second kappa shape index (κ2) is 9.94. The average Bonchev–Trinajstić information content (AvgIpc) is 2.74. The number of carbonyl (C=O) groups is 1. The first-order chi connectivity index (χ1) is 14.1. The average molecular weight is 404 g/mol. The number of carbonyl (C=O) groups excluding carboxylic acids is 1. The minimum Gasteiger partial charge on any atom is -0.497 e. The minimum absolute atomic E-state index is 0.0208. The van der Waals surface area contributed by atoms with E-state index in [2.05, 4.69) is 10.2 Å². The Labute approximate surface area is 168 Å². The van der Waals surface area contributed by atoms with E-state index in [1.165, 1.54) is 19.4 Å². The van der Waals surface area contributed by atoms with Crippen LogP contribution < -0.4 is 25.0 Å². The van der Waals surface area contributed by atoms with Crippen LogP contribution in [0, 0.1) is 0 Å². The van der Waals surface area contributed by atoms with Crippen molar-refractivity contribution in [2.24, 2.45) is 0 Å². The van der Waals surface area contributed by atoms with Crippen molar-refractivity contribution in [1.29, 1.82) is 0 Å². The first-order valence-electron chi connectivity index (χ1n) is 9.15. The fourth-order valence-corrected chi connectivity index (χ4v) is 2.84. The fourth-order valence-electron chi connectivity index (χ4n) is 2.84. The second-order valence-corrected chi connectivity index (χ2v) is 6.37. The van der Waals surface area contributed by atoms with Crippen molar-refractivity contribution in [3.8, 4) is 17.2 Å². The van der Waals surface area contributed by atoms with Crippen LogP contribution in [0.25, 0.3) is 0 Å². The molecule has 29 heavy (non-hydrogen) atoms. The molecule has 1 fully saturated rings. The number of hydrogen-bond acceptors (Lipinski definition) is 8. The molecule has 0 bridgehead atoms. The van der Waals surface area contributed by atoms with E-state index in [4.69, 9.17) is 23.4 Å². The van der Waals surface area contributed by atoms with Crippen LogP contribution in [0.2, 0.25) is 0 Å². The summed E-state index contributed by atoms with van der Waals surface area (Å²) in [6.45, 7) is 3.09. The Morgan fingerprint density at radius 1 is 1.14 bits per heavy atom. The number of benzene rings is 1. The third-order valence-electron chi connectivity index (χ3n) is 4.38. The Morgan fingerprint density at radius 2 is 1.93 bits per heavy atom. The fraction of sp³-hybridized carbons (Fsp3) is 0.400. The predicted octanol–water partition coefficient (Wildman–Crippen LogP) is 1.51. The zero-order chi connectivity index (χ0) is 20.6. The molecule has 0 spiro atoms. The Morgan fingerprint density at radius 3 is 2.62 bits per heavy atom. The maximum atomic E-state index is 12.2. The van der Waals surface area contributed by atoms with Gasteiger partial charge in [0.05, 0.1) is 39.7 Å². The van der Waals surface area contributed by atoms with E-state index in [1.807, 2.05) is 0 Å². The number of amides is 1. The van der Waals surface area contributed by atoms with E-state index in [-0.39, 0.29) is 17.8 Å². The van der Waals surface area contributed by atoms with Crippen LogP contribution in [0.1, 0.15) is 5.76 Å². The predicted molar refractivity (Wildman–Crippen MR) is 105 cm³/mol. The van der Waals surface area contributed by atoms with Crippen LogP contribution in [-0.4, -0.2) is 57.9 Å². The summed E-state index contributed by atoms with van der Waals surface area (Å²) in [5.74, 6) is 1.13. The van der Waals surface area contributed by atoms with Crippen LogP contribution in [0.4, 0.5) is 5.69 Å². The van der Waals surface area contributed by atoms with Crippen molar-refractivity contribution in [1.82, 2.24) is 4.90 Å². The molecule has 156 valence electrons. The maximum Gasteiger partial charge on any atom is 0.262 e. The number of morpholine rings is 1. The molecule has 0 aliphatic carbocycles. The molecule has 0 unspecified atom stereocenters. The molecule has 1 aliphatic heterocycles. The lowest BCUT2D eigenvalue weighted by Crippen LogP contribution is -2.35. The zero-order valence-electron chi connectivity index (χ0n) is 16.4. The van der Waals surface area contributed by atoms with Gasteiger partial charge in [0.2, 0.25) is 11.2 Å². The number of ether oxygens (including phenoxy) is 4. The van der Waals surface area contributed by atoms with E-state index in [1.54, 1.807) is 25.3 Å². The largest absolute Gasteiger partial charge is 0.497 e. The SMILES string of the molecule is COc1ccc(NC(=O)COc2coc(CN3CCOCC3)cc2=O)c(OC)c1. The molecule has 1 aromatic heterocycles. The molecule has 2 heterocycles. The first-order valence-corrected chi connectivity index (χ1v) is 9.15. The lowest BCUT2D eigenvalue weighted by molar-refractivity contribution is -0.118. The Balaban J connectivity index is 1.55. The van der Waals surface area contributed by atoms with Crippen molar-refractivity contribution < 1.29 is 28.2 Å². The molecule has 0 atom stereocenters. The van der Waals surface area contributed by atoms with Gasteiger partial charge in [0, 0.05) is 25.2 Å². The molecule has 9 heteroatoms. The van der Waals surface area contributed by atoms with E-state index in [0.29, 0.717) is 42.7 Å². The van der Waals surface area contributed by atoms with Crippen LogP contribution in [0.3, 0.4) is 0 Å². The minimum atomic E-state index is -0.440. The van der Waals surface area contributed by atoms with Crippen molar-refractivity contribution in [3.63, 3.8) is 0 Å². The third-order valence-corrected chi connectivity index (χ3v) is 4.38. The Bertz CT molecular complexity index is 891. The highest BCUT2D eigenvalue weighted by Crippen LogP contribution is 2.28. The highest BCUT2D eigenvalue weighted by Gasteiger charge is 2.14. The van der Waals surface area contributed by atoms with E-state index < -0.39 is 5.91 Å². The second-order valence-electron chi connectivity index (χ2n) is 6.37. The van der Waals surface area contributed by atoms with Gasteiger partial charge in [0.25, 0.3) is 5.91 Å². The monoisotopic (exact) mass is 404 g/mol. The Kier molecular flexibility index (Phi) is 7.09. The molecule has 1 saturated heterocycles. The third kappa shape index (κ3) is 5.72. The molecular weight excluding hydrogens is 380 g/mol. The summed E-state index contributed by atoms with van der Waals surface area (Å²) < 4.78 is 26.5. The van der Waals surface area contributed by atoms with Gasteiger partial charge in [-0.25, -0.2) is 0 Å². The van der Waals surface area contributed by atoms with Gasteiger partial charge >= 0.3 is 0 Å². The molecule has 0 saturated carbocycles. The van der Waals surface area contributed by atoms with Gasteiger partial charge in [-0.3, -0.25) is 14.5 Å². The van der Waals surface area contributed by atoms with Gasteiger partial charge in [-0.15, -0.1) is 0 Å². The summed E-state index contributed by atoms with van der Waals surface area (Å²) in [6.07, 6.45) is 1.24. The summed E-state index contributed by atoms with van der Waals surface area (Å²) in [4.78, 5) is 26.5. The normalized spacial score (nSPS) is 14.3. The zero-order valence-corrected chi connectivity index (χ0v) is 16.4. The molecule has 3 rings (SSSR count). The number of anilines is 1. The van der Waals surface area contributed by atoms with Crippen molar-refractivity contribution in [2.45, 2.75) is 6.54 Å². The Hall–Kier alpha value is -3.04. The standard InChI is InChI=1S/C20H24N2O7/c1-25-14-3-4-16(18(10-14)26-2)21-20(24)13-29-19-12-28-15(9-17(19)23)11-22-5-7-27-8-6-22/h3-4,9-10,12H,5-8,11,13H2,1-2H3,(H,21,24). The lowest BCUT2D eigenvalue weighted by atomic mass is 10.2. The molecule has 1 aromatic carbocycles. The van der Waals surface area contributed by atoms with Crippen LogP contribution in [0.15, 0.2) is 39.7 Å². The number of nitrogens with one attached hydrogen (secondary N) is 1. The van der Waals surface area contributed by atoms with Crippen LogP contribution in [-0.2, 0) is 16.1 Å². The summed E-state index contributed by atoms with van der Waals surface area (Å²) in [6, 6.07) is 6.39. The first kappa shape index (κ1) is 20.7. The highest BCUT2D eigenvalue weighted by molar-refractivity contribution is 5.93. The van der Waals surface area contributed by atoms with E-state index in [9.17, 15) is 9.59 Å². The molecule has 1 amide bonds. The van der Waals surface area contributed by atoms with Crippen molar-refractivity contribution >= 4 is 11.6 Å². The molecule has 0 radical (unpaired) electrons.